The van der Waals surface area contributed by atoms with Crippen molar-refractivity contribution >= 4 is 28.8 Å². The van der Waals surface area contributed by atoms with Crippen molar-refractivity contribution in [3.8, 4) is 0 Å². The van der Waals surface area contributed by atoms with Crippen molar-refractivity contribution in [3.63, 3.8) is 0 Å². The molecule has 1 aromatic carbocycles. The lowest BCUT2D eigenvalue weighted by Gasteiger charge is -2.13. The second kappa shape index (κ2) is 6.04. The van der Waals surface area contributed by atoms with Gasteiger partial charge in [0, 0.05) is 17.5 Å². The van der Waals surface area contributed by atoms with Gasteiger partial charge in [-0.05, 0) is 29.8 Å². The number of amides is 2. The number of nitrogens with two attached hydrogens (primary N) is 1. The molecule has 1 saturated carbocycles. The van der Waals surface area contributed by atoms with Gasteiger partial charge >= 0.3 is 6.18 Å². The lowest BCUT2D eigenvalue weighted by atomic mass is 10.0. The highest BCUT2D eigenvalue weighted by atomic mass is 32.1. The third kappa shape index (κ3) is 3.69. The van der Waals surface area contributed by atoms with Gasteiger partial charge in [-0.1, -0.05) is 0 Å². The van der Waals surface area contributed by atoms with Crippen LogP contribution in [0.4, 0.5) is 27.6 Å². The molecule has 3 rings (SSSR count). The number of hydrogen-bond donors (Lipinski definition) is 2. The van der Waals surface area contributed by atoms with Gasteiger partial charge < -0.3 is 11.1 Å². The Kier molecular flexibility index (Phi) is 4.26. The van der Waals surface area contributed by atoms with Crippen LogP contribution in [0.2, 0.25) is 0 Å². The van der Waals surface area contributed by atoms with Crippen molar-refractivity contribution in [2.24, 2.45) is 5.73 Å². The zero-order valence-corrected chi connectivity index (χ0v) is 13.7. The molecule has 1 atom stereocenters. The van der Waals surface area contributed by atoms with Gasteiger partial charge in [0.25, 0.3) is 11.8 Å². The lowest BCUT2D eigenvalue weighted by Crippen LogP contribution is -2.13. The molecule has 0 saturated heterocycles. The van der Waals surface area contributed by atoms with Crippen LogP contribution in [0.1, 0.15) is 43.5 Å². The molecule has 1 unspecified atom stereocenters. The van der Waals surface area contributed by atoms with Gasteiger partial charge in [-0.3, -0.25) is 9.59 Å². The van der Waals surface area contributed by atoms with Crippen molar-refractivity contribution in [2.45, 2.75) is 24.4 Å². The molecule has 0 radical (unpaired) electrons. The fourth-order valence-corrected chi connectivity index (χ4v) is 3.23. The van der Waals surface area contributed by atoms with Gasteiger partial charge in [0.05, 0.1) is 21.9 Å². The molecule has 0 spiro atoms. The first kappa shape index (κ1) is 18.3. The molecule has 1 aliphatic carbocycles. The predicted octanol–water partition coefficient (Wildman–Crippen LogP) is 4.24. The first-order valence-corrected chi connectivity index (χ1v) is 8.15. The van der Waals surface area contributed by atoms with Crippen LogP contribution in [-0.4, -0.2) is 17.7 Å². The molecule has 26 heavy (non-hydrogen) atoms. The molecule has 1 fully saturated rings. The molecule has 1 aliphatic rings. The standard InChI is InChI=1S/C16H11F5N2O2S/c17-15(18)5-11(15)7-1-9(16(19,20)21)4-10(2-7)23-14(25)12-3-8(6-26-12)13(22)24/h1-4,6,11H,5H2,(H2,22,24)(H,23,25). The molecule has 1 aromatic heterocycles. The number of benzene rings is 1. The van der Waals surface area contributed by atoms with Gasteiger partial charge in [0.1, 0.15) is 0 Å². The number of alkyl halides is 5. The maximum absolute atomic E-state index is 13.2. The Hall–Kier alpha value is -2.49. The minimum absolute atomic E-state index is 0.0505. The van der Waals surface area contributed by atoms with E-state index in [4.69, 9.17) is 5.73 Å². The first-order chi connectivity index (χ1) is 12.0. The average Bonchev–Trinajstić information content (AvgIpc) is 2.96. The molecular weight excluding hydrogens is 379 g/mol. The second-order valence-electron chi connectivity index (χ2n) is 5.88. The number of halogens is 5. The van der Waals surface area contributed by atoms with E-state index >= 15 is 0 Å². The van der Waals surface area contributed by atoms with E-state index in [0.717, 1.165) is 17.4 Å². The molecule has 0 aliphatic heterocycles. The number of rotatable bonds is 4. The highest BCUT2D eigenvalue weighted by Crippen LogP contribution is 2.56. The van der Waals surface area contributed by atoms with E-state index in [1.165, 1.54) is 11.4 Å². The minimum atomic E-state index is -4.75. The summed E-state index contributed by atoms with van der Waals surface area (Å²) in [4.78, 5) is 23.2. The molecule has 1 heterocycles. The summed E-state index contributed by atoms with van der Waals surface area (Å²) in [5, 5.41) is 3.58. The summed E-state index contributed by atoms with van der Waals surface area (Å²) in [6.07, 6.45) is -5.28. The highest BCUT2D eigenvalue weighted by Gasteiger charge is 2.57. The SMILES string of the molecule is NC(=O)c1csc(C(=O)Nc2cc(C3CC3(F)F)cc(C(F)(F)F)c2)c1. The molecule has 3 N–H and O–H groups in total. The monoisotopic (exact) mass is 390 g/mol. The molecule has 4 nitrogen and oxygen atoms in total. The molecule has 2 amide bonds. The van der Waals surface area contributed by atoms with E-state index in [2.05, 4.69) is 5.32 Å². The molecule has 138 valence electrons. The predicted molar refractivity (Wildman–Crippen MR) is 84.5 cm³/mol. The van der Waals surface area contributed by atoms with Crippen LogP contribution in [0.3, 0.4) is 0 Å². The van der Waals surface area contributed by atoms with E-state index in [-0.39, 0.29) is 21.7 Å². The quantitative estimate of drug-likeness (QED) is 0.767. The third-order valence-electron chi connectivity index (χ3n) is 3.88. The number of nitrogens with one attached hydrogen (secondary N) is 1. The van der Waals surface area contributed by atoms with Crippen LogP contribution in [0.25, 0.3) is 0 Å². The maximum atomic E-state index is 13.2. The number of thiophene rings is 1. The summed E-state index contributed by atoms with van der Waals surface area (Å²) in [6.45, 7) is 0. The third-order valence-corrected chi connectivity index (χ3v) is 4.81. The van der Waals surface area contributed by atoms with Crippen molar-refractivity contribution in [3.05, 3.63) is 51.2 Å². The van der Waals surface area contributed by atoms with Gasteiger partial charge in [0.15, 0.2) is 0 Å². The Bertz CT molecular complexity index is 891. The number of carbonyl (C=O) groups is 2. The molecule has 2 aromatic rings. The zero-order chi connectivity index (χ0) is 19.3. The summed E-state index contributed by atoms with van der Waals surface area (Å²) >= 11 is 0.882. The van der Waals surface area contributed by atoms with Crippen LogP contribution < -0.4 is 11.1 Å². The number of carbonyl (C=O) groups excluding carboxylic acids is 2. The fraction of sp³-hybridized carbons (Fsp3) is 0.250. The highest BCUT2D eigenvalue weighted by molar-refractivity contribution is 7.12. The summed E-state index contributed by atoms with van der Waals surface area (Å²) in [6, 6.07) is 3.63. The number of anilines is 1. The van der Waals surface area contributed by atoms with Gasteiger partial charge in [-0.2, -0.15) is 13.2 Å². The smallest absolute Gasteiger partial charge is 0.366 e. The van der Waals surface area contributed by atoms with Gasteiger partial charge in [-0.15, -0.1) is 11.3 Å². The van der Waals surface area contributed by atoms with Crippen LogP contribution in [0, 0.1) is 0 Å². The van der Waals surface area contributed by atoms with Crippen molar-refractivity contribution in [1.82, 2.24) is 0 Å². The minimum Gasteiger partial charge on any atom is -0.366 e. The Morgan fingerprint density at radius 3 is 2.35 bits per heavy atom. The summed E-state index contributed by atoms with van der Waals surface area (Å²) in [7, 11) is 0. The average molecular weight is 390 g/mol. The van der Waals surface area contributed by atoms with E-state index in [9.17, 15) is 31.5 Å². The Morgan fingerprint density at radius 1 is 1.19 bits per heavy atom. The Morgan fingerprint density at radius 2 is 1.85 bits per heavy atom. The first-order valence-electron chi connectivity index (χ1n) is 7.27. The molecular formula is C16H11F5N2O2S. The van der Waals surface area contributed by atoms with Crippen molar-refractivity contribution in [1.29, 1.82) is 0 Å². The molecule has 0 bridgehead atoms. The summed E-state index contributed by atoms with van der Waals surface area (Å²) in [5.74, 6) is -5.87. The van der Waals surface area contributed by atoms with Gasteiger partial charge in [-0.25, -0.2) is 8.78 Å². The van der Waals surface area contributed by atoms with E-state index in [1.54, 1.807) is 0 Å². The Labute approximate surface area is 147 Å². The van der Waals surface area contributed by atoms with Crippen molar-refractivity contribution < 1.29 is 31.5 Å². The van der Waals surface area contributed by atoms with E-state index < -0.39 is 41.8 Å². The van der Waals surface area contributed by atoms with Crippen LogP contribution in [0.5, 0.6) is 0 Å². The fourth-order valence-electron chi connectivity index (χ4n) is 2.44. The van der Waals surface area contributed by atoms with Crippen LogP contribution in [-0.2, 0) is 6.18 Å². The van der Waals surface area contributed by atoms with Crippen LogP contribution >= 0.6 is 11.3 Å². The number of primary amides is 1. The van der Waals surface area contributed by atoms with E-state index in [1.807, 2.05) is 0 Å². The largest absolute Gasteiger partial charge is 0.416 e. The Balaban J connectivity index is 1.89. The second-order valence-corrected chi connectivity index (χ2v) is 6.79. The summed E-state index contributed by atoms with van der Waals surface area (Å²) in [5.41, 5.74) is 3.59. The zero-order valence-electron chi connectivity index (χ0n) is 12.9. The lowest BCUT2D eigenvalue weighted by molar-refractivity contribution is -0.137. The van der Waals surface area contributed by atoms with E-state index in [0.29, 0.717) is 12.1 Å². The van der Waals surface area contributed by atoms with Gasteiger partial charge in [0.2, 0.25) is 5.91 Å². The van der Waals surface area contributed by atoms with Crippen LogP contribution in [0.15, 0.2) is 29.6 Å². The maximum Gasteiger partial charge on any atom is 0.416 e. The summed E-state index contributed by atoms with van der Waals surface area (Å²) < 4.78 is 65.6. The topological polar surface area (TPSA) is 72.2 Å². The number of hydrogen-bond acceptors (Lipinski definition) is 3. The normalized spacial score (nSPS) is 18.4. The van der Waals surface area contributed by atoms with Crippen molar-refractivity contribution in [2.75, 3.05) is 5.32 Å². The molecule has 10 heteroatoms.